The molecule has 0 saturated carbocycles. The zero-order valence-corrected chi connectivity index (χ0v) is 19.4. The largest absolute Gasteiger partial charge is 0.484 e. The molecule has 1 aliphatic carbocycles. The Kier molecular flexibility index (Phi) is 4.71. The summed E-state index contributed by atoms with van der Waals surface area (Å²) in [4.78, 5) is 26.3. The van der Waals surface area contributed by atoms with Crippen LogP contribution in [0.15, 0.2) is 96.6 Å². The first-order valence-electron chi connectivity index (χ1n) is 11.5. The number of para-hydroxylation sites is 1. The van der Waals surface area contributed by atoms with E-state index < -0.39 is 23.2 Å². The van der Waals surface area contributed by atoms with Crippen molar-refractivity contribution in [2.24, 2.45) is 0 Å². The smallest absolute Gasteiger partial charge is 0.235 e. The highest BCUT2D eigenvalue weighted by molar-refractivity contribution is 6.52. The third-order valence-corrected chi connectivity index (χ3v) is 6.53. The van der Waals surface area contributed by atoms with Crippen LogP contribution >= 0.6 is 0 Å². The second-order valence-electron chi connectivity index (χ2n) is 9.26. The summed E-state index contributed by atoms with van der Waals surface area (Å²) in [5.74, 6) is 0.135. The van der Waals surface area contributed by atoms with Crippen molar-refractivity contribution in [3.8, 4) is 16.9 Å². The van der Waals surface area contributed by atoms with Gasteiger partial charge in [0, 0.05) is 22.8 Å². The molecule has 1 aliphatic heterocycles. The van der Waals surface area contributed by atoms with Gasteiger partial charge in [0.2, 0.25) is 11.6 Å². The number of nitrogens with one attached hydrogen (secondary N) is 1. The van der Waals surface area contributed by atoms with Crippen LogP contribution in [-0.4, -0.2) is 33.0 Å². The van der Waals surface area contributed by atoms with Gasteiger partial charge in [-0.2, -0.15) is 5.10 Å². The minimum Gasteiger partial charge on any atom is -0.484 e. The number of anilines is 1. The van der Waals surface area contributed by atoms with Gasteiger partial charge in [-0.3, -0.25) is 9.59 Å². The second-order valence-corrected chi connectivity index (χ2v) is 9.26. The van der Waals surface area contributed by atoms with Gasteiger partial charge in [0.1, 0.15) is 17.2 Å². The molecule has 2 aliphatic rings. The molecule has 6 nitrogen and oxygen atoms in total. The van der Waals surface area contributed by atoms with Gasteiger partial charge in [-0.25, -0.2) is 4.68 Å². The minimum absolute atomic E-state index is 0.362. The molecule has 1 N–H and O–H groups in total. The highest BCUT2D eigenvalue weighted by Gasteiger charge is 2.51. The van der Waals surface area contributed by atoms with Crippen LogP contribution in [0, 0.1) is 0 Å². The zero-order valence-electron chi connectivity index (χ0n) is 19.4. The van der Waals surface area contributed by atoms with Crippen molar-refractivity contribution in [2.75, 3.05) is 5.32 Å². The first-order chi connectivity index (χ1) is 16.9. The summed E-state index contributed by atoms with van der Waals surface area (Å²) in [6.45, 7) is 3.84. The molecular formula is C29H23N3O3. The summed E-state index contributed by atoms with van der Waals surface area (Å²) in [7, 11) is 0. The summed E-state index contributed by atoms with van der Waals surface area (Å²) in [6.07, 6.45) is 0. The number of carbonyl (C=O) groups excluding carboxylic acids is 2. The summed E-state index contributed by atoms with van der Waals surface area (Å²) in [5.41, 5.74) is 3.26. The molecule has 0 fully saturated rings. The highest BCUT2D eigenvalue weighted by Crippen LogP contribution is 2.45. The maximum absolute atomic E-state index is 13.3. The van der Waals surface area contributed by atoms with E-state index in [0.717, 1.165) is 16.9 Å². The van der Waals surface area contributed by atoms with Crippen molar-refractivity contribution in [3.05, 3.63) is 108 Å². The third kappa shape index (κ3) is 3.37. The average Bonchev–Trinajstić information content (AvgIpc) is 3.42. The maximum Gasteiger partial charge on any atom is 0.235 e. The summed E-state index contributed by atoms with van der Waals surface area (Å²) >= 11 is 0. The van der Waals surface area contributed by atoms with Gasteiger partial charge in [0.15, 0.2) is 0 Å². The second kappa shape index (κ2) is 7.81. The number of hydrogen-bond donors (Lipinski definition) is 1. The normalized spacial score (nSPS) is 18.2. The SMILES string of the molecule is CC1(C)OC2=C(C(=O)C(=O)c3ccccc32)C1Nc1cc(-c2ccccc2)nn1-c1ccccc1. The zero-order chi connectivity index (χ0) is 24.2. The lowest BCUT2D eigenvalue weighted by Gasteiger charge is -2.29. The molecule has 35 heavy (non-hydrogen) atoms. The quantitative estimate of drug-likeness (QED) is 0.417. The van der Waals surface area contributed by atoms with Crippen molar-refractivity contribution in [3.63, 3.8) is 0 Å². The van der Waals surface area contributed by atoms with Crippen LogP contribution in [0.4, 0.5) is 5.82 Å². The van der Waals surface area contributed by atoms with Crippen molar-refractivity contribution in [1.82, 2.24) is 9.78 Å². The van der Waals surface area contributed by atoms with Gasteiger partial charge >= 0.3 is 0 Å². The van der Waals surface area contributed by atoms with Gasteiger partial charge < -0.3 is 10.1 Å². The minimum atomic E-state index is -0.781. The summed E-state index contributed by atoms with van der Waals surface area (Å²) in [5, 5.41) is 8.37. The molecule has 0 amide bonds. The Labute approximate surface area is 202 Å². The third-order valence-electron chi connectivity index (χ3n) is 6.53. The fraction of sp³-hybridized carbons (Fsp3) is 0.138. The van der Waals surface area contributed by atoms with Gasteiger partial charge in [0.05, 0.1) is 23.0 Å². The van der Waals surface area contributed by atoms with E-state index >= 15 is 0 Å². The number of ether oxygens (including phenoxy) is 1. The number of nitrogens with zero attached hydrogens (tertiary/aromatic N) is 2. The lowest BCUT2D eigenvalue weighted by Crippen LogP contribution is -2.43. The molecular weight excluding hydrogens is 438 g/mol. The van der Waals surface area contributed by atoms with Gasteiger partial charge in [-0.1, -0.05) is 72.8 Å². The number of ketones is 2. The molecule has 0 radical (unpaired) electrons. The summed E-state index contributed by atoms with van der Waals surface area (Å²) < 4.78 is 8.15. The predicted molar refractivity (Wildman–Crippen MR) is 134 cm³/mol. The van der Waals surface area contributed by atoms with E-state index in [4.69, 9.17) is 9.84 Å². The van der Waals surface area contributed by atoms with E-state index in [1.807, 2.05) is 97.4 Å². The molecule has 0 saturated heterocycles. The van der Waals surface area contributed by atoms with E-state index in [1.54, 1.807) is 12.1 Å². The number of benzene rings is 3. The number of Topliss-reactive ketones (excluding diaryl/α,β-unsaturated/α-hetero) is 2. The van der Waals surface area contributed by atoms with E-state index in [2.05, 4.69) is 5.32 Å². The number of aromatic nitrogens is 2. The van der Waals surface area contributed by atoms with E-state index in [-0.39, 0.29) is 0 Å². The Bertz CT molecular complexity index is 1500. The standard InChI is InChI=1S/C29H23N3O3/c1-29(2)28(24-26(34)25(33)20-15-9-10-16-21(20)27(24)35-29)30-23-17-22(18-11-5-3-6-12-18)31-32(23)19-13-7-4-8-14-19/h3-17,28,30H,1-2H3. The van der Waals surface area contributed by atoms with Crippen LogP contribution in [0.2, 0.25) is 0 Å². The van der Waals surface area contributed by atoms with Crippen LogP contribution in [0.1, 0.15) is 29.8 Å². The van der Waals surface area contributed by atoms with E-state index in [0.29, 0.717) is 28.3 Å². The molecule has 2 heterocycles. The Morgan fingerprint density at radius 3 is 2.17 bits per heavy atom. The average molecular weight is 462 g/mol. The molecule has 0 spiro atoms. The molecule has 1 unspecified atom stereocenters. The van der Waals surface area contributed by atoms with E-state index in [1.165, 1.54) is 0 Å². The summed E-state index contributed by atoms with van der Waals surface area (Å²) in [6, 6.07) is 28.2. The first kappa shape index (κ1) is 21.1. The first-order valence-corrected chi connectivity index (χ1v) is 11.5. The number of carbonyl (C=O) groups is 2. The maximum atomic E-state index is 13.3. The molecule has 172 valence electrons. The van der Waals surface area contributed by atoms with Crippen molar-refractivity contribution < 1.29 is 14.3 Å². The van der Waals surface area contributed by atoms with Crippen LogP contribution in [-0.2, 0) is 9.53 Å². The Morgan fingerprint density at radius 2 is 1.46 bits per heavy atom. The fourth-order valence-corrected chi connectivity index (χ4v) is 4.81. The molecule has 0 bridgehead atoms. The van der Waals surface area contributed by atoms with Crippen LogP contribution in [0.5, 0.6) is 0 Å². The Balaban J connectivity index is 1.48. The lowest BCUT2D eigenvalue weighted by atomic mass is 9.83. The molecule has 1 atom stereocenters. The van der Waals surface area contributed by atoms with Crippen LogP contribution in [0.25, 0.3) is 22.7 Å². The van der Waals surface area contributed by atoms with Gasteiger partial charge in [-0.05, 0) is 26.0 Å². The molecule has 6 heteroatoms. The number of hydrogen-bond acceptors (Lipinski definition) is 5. The molecule has 6 rings (SSSR count). The highest BCUT2D eigenvalue weighted by atomic mass is 16.5. The van der Waals surface area contributed by atoms with Crippen LogP contribution in [0.3, 0.4) is 0 Å². The molecule has 3 aromatic carbocycles. The fourth-order valence-electron chi connectivity index (χ4n) is 4.81. The number of fused-ring (bicyclic) bond motifs is 2. The monoisotopic (exact) mass is 461 g/mol. The molecule has 1 aromatic heterocycles. The number of rotatable bonds is 4. The molecule has 4 aromatic rings. The predicted octanol–water partition coefficient (Wildman–Crippen LogP) is 5.31. The Morgan fingerprint density at radius 1 is 0.829 bits per heavy atom. The topological polar surface area (TPSA) is 73.2 Å². The Hall–Kier alpha value is -4.45. The van der Waals surface area contributed by atoms with Crippen molar-refractivity contribution in [2.45, 2.75) is 25.5 Å². The van der Waals surface area contributed by atoms with Crippen molar-refractivity contribution in [1.29, 1.82) is 0 Å². The van der Waals surface area contributed by atoms with E-state index in [9.17, 15) is 9.59 Å². The van der Waals surface area contributed by atoms with Gasteiger partial charge in [0.25, 0.3) is 0 Å². The van der Waals surface area contributed by atoms with Gasteiger partial charge in [-0.15, -0.1) is 0 Å². The van der Waals surface area contributed by atoms with Crippen LogP contribution < -0.4 is 5.32 Å². The lowest BCUT2D eigenvalue weighted by molar-refractivity contribution is -0.112. The van der Waals surface area contributed by atoms with Crippen molar-refractivity contribution >= 4 is 23.1 Å².